The summed E-state index contributed by atoms with van der Waals surface area (Å²) in [6.07, 6.45) is 4.57. The Morgan fingerprint density at radius 3 is 3.05 bits per heavy atom. The zero-order chi connectivity index (χ0) is 13.5. The molecule has 1 aliphatic rings. The monoisotopic (exact) mass is 276 g/mol. The summed E-state index contributed by atoms with van der Waals surface area (Å²) in [6.45, 7) is 4.99. The van der Waals surface area contributed by atoms with Crippen molar-refractivity contribution >= 4 is 12.2 Å². The summed E-state index contributed by atoms with van der Waals surface area (Å²) in [5.74, 6) is 0.818. The summed E-state index contributed by atoms with van der Waals surface area (Å²) in [5.41, 5.74) is 0.782. The lowest BCUT2D eigenvalue weighted by Gasteiger charge is -2.30. The summed E-state index contributed by atoms with van der Waals surface area (Å²) in [5, 5.41) is 7.25. The highest BCUT2D eigenvalue weighted by Crippen LogP contribution is 2.36. The highest BCUT2D eigenvalue weighted by molar-refractivity contribution is 7.71. The molecule has 2 aromatic heterocycles. The lowest BCUT2D eigenvalue weighted by atomic mass is 9.94. The molecule has 0 amide bonds. The zero-order valence-electron chi connectivity index (χ0n) is 11.0. The number of aromatic nitrogens is 4. The predicted molar refractivity (Wildman–Crippen MR) is 74.3 cm³/mol. The van der Waals surface area contributed by atoms with E-state index in [9.17, 15) is 0 Å². The van der Waals surface area contributed by atoms with E-state index in [-0.39, 0.29) is 11.6 Å². The lowest BCUT2D eigenvalue weighted by Crippen LogP contribution is -2.37. The smallest absolute Gasteiger partial charge is 0.196 e. The average Bonchev–Trinajstić information content (AvgIpc) is 2.96. The number of nitrogens with one attached hydrogen (secondary N) is 1. The molecule has 2 unspecified atom stereocenters. The zero-order valence-corrected chi connectivity index (χ0v) is 11.8. The second-order valence-corrected chi connectivity index (χ2v) is 5.44. The topological polar surface area (TPSA) is 55.7 Å². The van der Waals surface area contributed by atoms with Crippen molar-refractivity contribution in [3.63, 3.8) is 0 Å². The minimum atomic E-state index is -0.171. The van der Waals surface area contributed by atoms with Gasteiger partial charge >= 0.3 is 0 Å². The number of nitrogens with zero attached hydrogens (tertiary/aromatic N) is 3. The molecule has 6 heteroatoms. The number of pyridine rings is 1. The first-order valence-electron chi connectivity index (χ1n) is 6.33. The number of H-pyrrole nitrogens is 1. The van der Waals surface area contributed by atoms with E-state index in [0.717, 1.165) is 24.4 Å². The Labute approximate surface area is 116 Å². The quantitative estimate of drug-likeness (QED) is 0.856. The van der Waals surface area contributed by atoms with Gasteiger partial charge in [-0.2, -0.15) is 5.10 Å². The van der Waals surface area contributed by atoms with Gasteiger partial charge in [0.1, 0.15) is 0 Å². The average molecular weight is 276 g/mol. The Morgan fingerprint density at radius 2 is 2.42 bits per heavy atom. The highest BCUT2D eigenvalue weighted by atomic mass is 32.1. The first-order valence-corrected chi connectivity index (χ1v) is 6.73. The van der Waals surface area contributed by atoms with Gasteiger partial charge in [0.25, 0.3) is 0 Å². The number of aromatic amines is 1. The minimum Gasteiger partial charge on any atom is -0.376 e. The van der Waals surface area contributed by atoms with Crippen molar-refractivity contribution in [2.24, 2.45) is 0 Å². The Kier molecular flexibility index (Phi) is 2.99. The lowest BCUT2D eigenvalue weighted by molar-refractivity contribution is 0.0759. The maximum atomic E-state index is 5.71. The van der Waals surface area contributed by atoms with Gasteiger partial charge in [0, 0.05) is 24.6 Å². The molecule has 3 rings (SSSR count). The molecular weight excluding hydrogens is 260 g/mol. The fraction of sp³-hybridized carbons (Fsp3) is 0.462. The second kappa shape index (κ2) is 4.54. The number of hydrogen-bond donors (Lipinski definition) is 1. The predicted octanol–water partition coefficient (Wildman–Crippen LogP) is 2.53. The van der Waals surface area contributed by atoms with Gasteiger partial charge in [-0.25, -0.2) is 0 Å². The van der Waals surface area contributed by atoms with Crippen LogP contribution in [-0.2, 0) is 10.3 Å². The molecule has 1 saturated heterocycles. The molecule has 0 bridgehead atoms. The third-order valence-electron chi connectivity index (χ3n) is 3.95. The van der Waals surface area contributed by atoms with Crippen molar-refractivity contribution in [3.05, 3.63) is 29.3 Å². The Morgan fingerprint density at radius 1 is 1.58 bits per heavy atom. The molecule has 19 heavy (non-hydrogen) atoms. The van der Waals surface area contributed by atoms with Crippen LogP contribution in [0.1, 0.15) is 20.3 Å². The second-order valence-electron chi connectivity index (χ2n) is 5.05. The normalized spacial score (nSPS) is 26.7. The third-order valence-corrected chi connectivity index (χ3v) is 4.23. The molecule has 0 radical (unpaired) electrons. The van der Waals surface area contributed by atoms with Gasteiger partial charge in [-0.1, -0.05) is 0 Å². The van der Waals surface area contributed by atoms with Crippen LogP contribution in [-0.4, -0.2) is 32.5 Å². The molecule has 0 spiro atoms. The summed E-state index contributed by atoms with van der Waals surface area (Å²) in [6, 6.07) is 3.88. The molecule has 1 N–H and O–H groups in total. The Hall–Kier alpha value is -1.53. The maximum Gasteiger partial charge on any atom is 0.196 e. The fourth-order valence-electron chi connectivity index (χ4n) is 2.58. The van der Waals surface area contributed by atoms with E-state index in [0.29, 0.717) is 4.77 Å². The van der Waals surface area contributed by atoms with Crippen LogP contribution in [0.3, 0.4) is 0 Å². The van der Waals surface area contributed by atoms with Crippen molar-refractivity contribution < 1.29 is 4.74 Å². The van der Waals surface area contributed by atoms with Crippen LogP contribution in [0.2, 0.25) is 0 Å². The SMILES string of the molecule is CC1OCCC1(C)n1c(-c2cccnc2)n[nH]c1=S. The first kappa shape index (κ1) is 12.5. The first-order chi connectivity index (χ1) is 9.13. The highest BCUT2D eigenvalue weighted by Gasteiger charge is 2.41. The van der Waals surface area contributed by atoms with Crippen molar-refractivity contribution in [2.75, 3.05) is 6.61 Å². The summed E-state index contributed by atoms with van der Waals surface area (Å²) < 4.78 is 8.40. The van der Waals surface area contributed by atoms with Gasteiger partial charge in [-0.3, -0.25) is 14.6 Å². The van der Waals surface area contributed by atoms with E-state index >= 15 is 0 Å². The fourth-order valence-corrected chi connectivity index (χ4v) is 2.92. The van der Waals surface area contributed by atoms with Gasteiger partial charge < -0.3 is 4.74 Å². The van der Waals surface area contributed by atoms with E-state index in [2.05, 4.69) is 33.6 Å². The van der Waals surface area contributed by atoms with Crippen LogP contribution in [0.4, 0.5) is 0 Å². The van der Waals surface area contributed by atoms with Crippen molar-refractivity contribution in [3.8, 4) is 11.4 Å². The van der Waals surface area contributed by atoms with Gasteiger partial charge in [-0.15, -0.1) is 0 Å². The van der Waals surface area contributed by atoms with Crippen molar-refractivity contribution in [1.82, 2.24) is 19.7 Å². The molecule has 100 valence electrons. The standard InChI is InChI=1S/C13H16N4OS/c1-9-13(2,5-7-18-9)17-11(15-16-12(17)19)10-4-3-6-14-8-10/h3-4,6,8-9H,5,7H2,1-2H3,(H,16,19). The third kappa shape index (κ3) is 1.91. The molecule has 5 nitrogen and oxygen atoms in total. The van der Waals surface area contributed by atoms with Crippen LogP contribution >= 0.6 is 12.2 Å². The summed E-state index contributed by atoms with van der Waals surface area (Å²) in [7, 11) is 0. The van der Waals surface area contributed by atoms with Crippen LogP contribution < -0.4 is 0 Å². The molecule has 0 saturated carbocycles. The molecule has 1 aliphatic heterocycles. The van der Waals surface area contributed by atoms with E-state index in [4.69, 9.17) is 17.0 Å². The van der Waals surface area contributed by atoms with Gasteiger partial charge in [-0.05, 0) is 44.6 Å². The van der Waals surface area contributed by atoms with Crippen LogP contribution in [0, 0.1) is 4.77 Å². The summed E-state index contributed by atoms with van der Waals surface area (Å²) in [4.78, 5) is 4.15. The Bertz CT molecular complexity index is 636. The summed E-state index contributed by atoms with van der Waals surface area (Å²) >= 11 is 5.40. The maximum absolute atomic E-state index is 5.71. The van der Waals surface area contributed by atoms with E-state index in [1.54, 1.807) is 12.4 Å². The van der Waals surface area contributed by atoms with Crippen molar-refractivity contribution in [1.29, 1.82) is 0 Å². The van der Waals surface area contributed by atoms with Crippen LogP contribution in [0.15, 0.2) is 24.5 Å². The van der Waals surface area contributed by atoms with E-state index in [1.807, 2.05) is 12.1 Å². The van der Waals surface area contributed by atoms with E-state index in [1.165, 1.54) is 0 Å². The molecule has 3 heterocycles. The Balaban J connectivity index is 2.17. The van der Waals surface area contributed by atoms with Gasteiger partial charge in [0.15, 0.2) is 10.6 Å². The number of hydrogen-bond acceptors (Lipinski definition) is 4. The molecule has 0 aromatic carbocycles. The number of rotatable bonds is 2. The molecule has 0 aliphatic carbocycles. The van der Waals surface area contributed by atoms with Crippen molar-refractivity contribution in [2.45, 2.75) is 31.9 Å². The largest absolute Gasteiger partial charge is 0.376 e. The van der Waals surface area contributed by atoms with E-state index < -0.39 is 0 Å². The van der Waals surface area contributed by atoms with Crippen LogP contribution in [0.5, 0.6) is 0 Å². The molecule has 2 aromatic rings. The van der Waals surface area contributed by atoms with Gasteiger partial charge in [0.05, 0.1) is 11.6 Å². The minimum absolute atomic E-state index is 0.104. The van der Waals surface area contributed by atoms with Crippen LogP contribution in [0.25, 0.3) is 11.4 Å². The molecular formula is C13H16N4OS. The number of ether oxygens (including phenoxy) is 1. The van der Waals surface area contributed by atoms with Gasteiger partial charge in [0.2, 0.25) is 0 Å². The molecule has 2 atom stereocenters. The molecule has 1 fully saturated rings.